The fourth-order valence-corrected chi connectivity index (χ4v) is 1.99. The molecule has 0 unspecified atom stereocenters. The van der Waals surface area contributed by atoms with Gasteiger partial charge in [0.25, 0.3) is 11.6 Å². The van der Waals surface area contributed by atoms with Crippen molar-refractivity contribution in [1.29, 1.82) is 0 Å². The predicted octanol–water partition coefficient (Wildman–Crippen LogP) is 1.20. The molecule has 2 N–H and O–H groups in total. The summed E-state index contributed by atoms with van der Waals surface area (Å²) in [5.74, 6) is 0.661. The fraction of sp³-hybridized carbons (Fsp3) is 0.286. The van der Waals surface area contributed by atoms with Gasteiger partial charge in [-0.15, -0.1) is 0 Å². The van der Waals surface area contributed by atoms with Gasteiger partial charge >= 0.3 is 0 Å². The lowest BCUT2D eigenvalue weighted by Crippen LogP contribution is -2.23. The average molecular weight is 275 g/mol. The maximum absolute atomic E-state index is 12.1. The molecule has 6 heteroatoms. The number of rotatable bonds is 4. The van der Waals surface area contributed by atoms with Crippen LogP contribution in [0.5, 0.6) is 11.8 Å². The van der Waals surface area contributed by atoms with Gasteiger partial charge in [0.15, 0.2) is 0 Å². The van der Waals surface area contributed by atoms with E-state index in [2.05, 4.69) is 4.98 Å². The van der Waals surface area contributed by atoms with E-state index >= 15 is 0 Å². The lowest BCUT2D eigenvalue weighted by atomic mass is 10.1. The summed E-state index contributed by atoms with van der Waals surface area (Å²) in [6.45, 7) is 2.03. The van der Waals surface area contributed by atoms with Gasteiger partial charge in [-0.2, -0.15) is 0 Å². The van der Waals surface area contributed by atoms with Crippen molar-refractivity contribution in [2.24, 2.45) is 0 Å². The molecule has 0 bridgehead atoms. The molecule has 1 aromatic heterocycles. The van der Waals surface area contributed by atoms with Crippen molar-refractivity contribution in [2.45, 2.75) is 13.5 Å². The van der Waals surface area contributed by atoms with Crippen LogP contribution in [0, 0.1) is 6.92 Å². The molecule has 2 rings (SSSR count). The van der Waals surface area contributed by atoms with Gasteiger partial charge < -0.3 is 15.2 Å². The number of benzene rings is 1. The normalized spacial score (nSPS) is 10.3. The number of hydrogen-bond donors (Lipinski definition) is 1. The van der Waals surface area contributed by atoms with Crippen LogP contribution < -0.4 is 20.8 Å². The first kappa shape index (κ1) is 13.9. The van der Waals surface area contributed by atoms with Crippen LogP contribution in [0.1, 0.15) is 11.3 Å². The van der Waals surface area contributed by atoms with Crippen LogP contribution in [0.15, 0.2) is 29.1 Å². The van der Waals surface area contributed by atoms with Gasteiger partial charge in [0.2, 0.25) is 0 Å². The number of methoxy groups -OCH3 is 2. The number of aryl methyl sites for hydroxylation is 1. The molecule has 20 heavy (non-hydrogen) atoms. The van der Waals surface area contributed by atoms with Crippen LogP contribution in [0.3, 0.4) is 0 Å². The number of nitrogens with two attached hydrogens (primary N) is 1. The fourth-order valence-electron chi connectivity index (χ4n) is 1.99. The Morgan fingerprint density at radius 3 is 2.65 bits per heavy atom. The third-order valence-corrected chi connectivity index (χ3v) is 2.92. The first-order chi connectivity index (χ1) is 9.55. The molecule has 0 fully saturated rings. The minimum Gasteiger partial charge on any atom is -0.496 e. The van der Waals surface area contributed by atoms with E-state index in [0.29, 0.717) is 17.1 Å². The quantitative estimate of drug-likeness (QED) is 0.848. The highest BCUT2D eigenvalue weighted by Crippen LogP contribution is 2.22. The van der Waals surface area contributed by atoms with Gasteiger partial charge in [0.05, 0.1) is 20.8 Å². The summed E-state index contributed by atoms with van der Waals surface area (Å²) in [5, 5.41) is 0. The van der Waals surface area contributed by atoms with Gasteiger partial charge in [0, 0.05) is 23.0 Å². The Balaban J connectivity index is 2.50. The molecule has 1 aromatic carbocycles. The maximum atomic E-state index is 12.1. The summed E-state index contributed by atoms with van der Waals surface area (Å²) in [5.41, 5.74) is 7.61. The molecule has 0 aliphatic heterocycles. The summed E-state index contributed by atoms with van der Waals surface area (Å²) < 4.78 is 11.9. The highest BCUT2D eigenvalue weighted by molar-refractivity contribution is 5.48. The zero-order chi connectivity index (χ0) is 14.7. The zero-order valence-electron chi connectivity index (χ0n) is 11.7. The van der Waals surface area contributed by atoms with Crippen molar-refractivity contribution in [1.82, 2.24) is 9.55 Å². The van der Waals surface area contributed by atoms with Gasteiger partial charge in [-0.3, -0.25) is 9.36 Å². The molecule has 0 spiro atoms. The second kappa shape index (κ2) is 5.64. The third kappa shape index (κ3) is 2.74. The summed E-state index contributed by atoms with van der Waals surface area (Å²) >= 11 is 0. The maximum Gasteiger partial charge on any atom is 0.299 e. The van der Waals surface area contributed by atoms with E-state index in [1.807, 2.05) is 0 Å². The van der Waals surface area contributed by atoms with Crippen molar-refractivity contribution >= 4 is 5.69 Å². The number of nitrogens with zero attached hydrogens (tertiary/aromatic N) is 2. The van der Waals surface area contributed by atoms with E-state index in [0.717, 1.165) is 5.56 Å². The monoisotopic (exact) mass is 275 g/mol. The molecule has 0 atom stereocenters. The molecule has 0 radical (unpaired) electrons. The first-order valence-corrected chi connectivity index (χ1v) is 6.10. The molecular formula is C14H17N3O3. The van der Waals surface area contributed by atoms with Gasteiger partial charge in [-0.25, -0.2) is 4.98 Å². The van der Waals surface area contributed by atoms with Crippen molar-refractivity contribution in [2.75, 3.05) is 20.0 Å². The standard InChI is InChI=1S/C14H17N3O3/c1-9-6-13(18)17(14(16-9)20-3)8-10-7-11(15)4-5-12(10)19-2/h4-7H,8,15H2,1-3H3. The number of nitrogen functional groups attached to an aromatic ring is 1. The van der Waals surface area contributed by atoms with Crippen LogP contribution in [0.4, 0.5) is 5.69 Å². The summed E-state index contributed by atoms with van der Waals surface area (Å²) in [6, 6.07) is 7.00. The van der Waals surface area contributed by atoms with E-state index in [-0.39, 0.29) is 18.1 Å². The van der Waals surface area contributed by atoms with Crippen LogP contribution in [-0.4, -0.2) is 23.8 Å². The molecule has 0 aliphatic rings. The number of aromatic nitrogens is 2. The van der Waals surface area contributed by atoms with E-state index in [1.165, 1.54) is 17.7 Å². The first-order valence-electron chi connectivity index (χ1n) is 6.10. The minimum atomic E-state index is -0.182. The van der Waals surface area contributed by atoms with Crippen LogP contribution >= 0.6 is 0 Å². The molecule has 0 saturated heterocycles. The Bertz CT molecular complexity index is 680. The van der Waals surface area contributed by atoms with Crippen LogP contribution in [-0.2, 0) is 6.54 Å². The van der Waals surface area contributed by atoms with Crippen LogP contribution in [0.2, 0.25) is 0 Å². The molecule has 1 heterocycles. The molecule has 0 amide bonds. The molecule has 6 nitrogen and oxygen atoms in total. The van der Waals surface area contributed by atoms with Crippen molar-refractivity contribution < 1.29 is 9.47 Å². The van der Waals surface area contributed by atoms with Crippen molar-refractivity contribution in [3.8, 4) is 11.8 Å². The zero-order valence-corrected chi connectivity index (χ0v) is 11.7. The topological polar surface area (TPSA) is 79.4 Å². The molecule has 0 aliphatic carbocycles. The highest BCUT2D eigenvalue weighted by Gasteiger charge is 2.11. The van der Waals surface area contributed by atoms with Gasteiger partial charge in [-0.05, 0) is 25.1 Å². The Kier molecular flexibility index (Phi) is 3.93. The van der Waals surface area contributed by atoms with Crippen molar-refractivity contribution in [3.05, 3.63) is 45.9 Å². The van der Waals surface area contributed by atoms with E-state index < -0.39 is 0 Å². The summed E-state index contributed by atoms with van der Waals surface area (Å²) in [6.07, 6.45) is 0. The van der Waals surface area contributed by atoms with E-state index in [9.17, 15) is 4.79 Å². The number of hydrogen-bond acceptors (Lipinski definition) is 5. The largest absolute Gasteiger partial charge is 0.496 e. The van der Waals surface area contributed by atoms with E-state index in [1.54, 1.807) is 32.2 Å². The lowest BCUT2D eigenvalue weighted by molar-refractivity contribution is 0.347. The Hall–Kier alpha value is -2.50. The molecule has 106 valence electrons. The average Bonchev–Trinajstić information content (AvgIpc) is 2.41. The Morgan fingerprint density at radius 2 is 2.00 bits per heavy atom. The van der Waals surface area contributed by atoms with Gasteiger partial charge in [0.1, 0.15) is 5.75 Å². The summed E-state index contributed by atoms with van der Waals surface area (Å²) in [7, 11) is 3.05. The Labute approximate surface area is 116 Å². The predicted molar refractivity (Wildman–Crippen MR) is 76.3 cm³/mol. The van der Waals surface area contributed by atoms with E-state index in [4.69, 9.17) is 15.2 Å². The third-order valence-electron chi connectivity index (χ3n) is 2.92. The number of ether oxygens (including phenoxy) is 2. The smallest absolute Gasteiger partial charge is 0.299 e. The van der Waals surface area contributed by atoms with Gasteiger partial charge in [-0.1, -0.05) is 0 Å². The minimum absolute atomic E-state index is 0.182. The summed E-state index contributed by atoms with van der Waals surface area (Å²) in [4.78, 5) is 16.3. The molecular weight excluding hydrogens is 258 g/mol. The number of anilines is 1. The Morgan fingerprint density at radius 1 is 1.25 bits per heavy atom. The second-order valence-corrected chi connectivity index (χ2v) is 4.38. The second-order valence-electron chi connectivity index (χ2n) is 4.38. The SMILES string of the molecule is COc1ccc(N)cc1Cn1c(OC)nc(C)cc1=O. The highest BCUT2D eigenvalue weighted by atomic mass is 16.5. The van der Waals surface area contributed by atoms with Crippen molar-refractivity contribution in [3.63, 3.8) is 0 Å². The lowest BCUT2D eigenvalue weighted by Gasteiger charge is -2.13. The molecule has 2 aromatic rings. The molecule has 0 saturated carbocycles. The van der Waals surface area contributed by atoms with Crippen LogP contribution in [0.25, 0.3) is 0 Å².